The van der Waals surface area contributed by atoms with Crippen molar-refractivity contribution in [3.8, 4) is 0 Å². The first kappa shape index (κ1) is 21.8. The quantitative estimate of drug-likeness (QED) is 0.558. The number of nitrogens with one attached hydrogen (secondary N) is 1. The predicted molar refractivity (Wildman–Crippen MR) is 117 cm³/mol. The number of sulfone groups is 1. The van der Waals surface area contributed by atoms with Crippen LogP contribution in [0.25, 0.3) is 0 Å². The van der Waals surface area contributed by atoms with Crippen molar-refractivity contribution in [1.29, 1.82) is 0 Å². The molecular weight excluding hydrogens is 424 g/mol. The zero-order valence-corrected chi connectivity index (χ0v) is 17.6. The molecule has 0 aliphatic rings. The van der Waals surface area contributed by atoms with E-state index < -0.39 is 15.9 Å². The van der Waals surface area contributed by atoms with E-state index in [4.69, 9.17) is 22.1 Å². The van der Waals surface area contributed by atoms with E-state index in [0.29, 0.717) is 12.1 Å². The van der Waals surface area contributed by atoms with E-state index in [1.54, 1.807) is 18.2 Å². The largest absolute Gasteiger partial charge is 0.444 e. The van der Waals surface area contributed by atoms with Crippen LogP contribution in [0.15, 0.2) is 77.7 Å². The zero-order valence-electron chi connectivity index (χ0n) is 16.0. The van der Waals surface area contributed by atoms with Crippen LogP contribution in [0.4, 0.5) is 10.5 Å². The summed E-state index contributed by atoms with van der Waals surface area (Å²) in [5.41, 5.74) is 8.15. The minimum atomic E-state index is -3.69. The van der Waals surface area contributed by atoms with Crippen molar-refractivity contribution in [2.45, 2.75) is 23.8 Å². The van der Waals surface area contributed by atoms with Crippen LogP contribution in [0.3, 0.4) is 0 Å². The molecule has 3 N–H and O–H groups in total. The van der Waals surface area contributed by atoms with Gasteiger partial charge in [-0.05, 0) is 34.9 Å². The first-order valence-electron chi connectivity index (χ1n) is 9.15. The van der Waals surface area contributed by atoms with Gasteiger partial charge in [0.25, 0.3) is 0 Å². The van der Waals surface area contributed by atoms with Gasteiger partial charge >= 0.3 is 6.09 Å². The third-order valence-electron chi connectivity index (χ3n) is 4.27. The Balaban J connectivity index is 1.72. The average Bonchev–Trinajstić information content (AvgIpc) is 2.72. The first-order valence-corrected chi connectivity index (χ1v) is 11.2. The number of carbonyl (C=O) groups is 1. The Labute approximate surface area is 180 Å². The summed E-state index contributed by atoms with van der Waals surface area (Å²) in [5, 5.41) is 2.71. The van der Waals surface area contributed by atoms with Crippen LogP contribution < -0.4 is 11.1 Å². The standard InChI is InChI=1S/C22H21ClN2O4S/c23-19-10-20(25-22(26)29-14-16-5-2-1-3-6-16)12-21(11-19)30(27,28)15-18-8-4-7-17(9-18)13-24/h1-12H,13-15,24H2,(H,25,26). The van der Waals surface area contributed by atoms with Gasteiger partial charge in [-0.15, -0.1) is 0 Å². The number of anilines is 1. The Morgan fingerprint density at radius 1 is 0.933 bits per heavy atom. The molecule has 0 atom stereocenters. The Kier molecular flexibility index (Phi) is 7.10. The second-order valence-electron chi connectivity index (χ2n) is 6.65. The second-order valence-corrected chi connectivity index (χ2v) is 9.07. The highest BCUT2D eigenvalue weighted by atomic mass is 35.5. The molecule has 0 bridgehead atoms. The number of ether oxygens (including phenoxy) is 1. The van der Waals surface area contributed by atoms with E-state index >= 15 is 0 Å². The summed E-state index contributed by atoms with van der Waals surface area (Å²) in [7, 11) is -3.69. The zero-order chi connectivity index (χ0) is 21.6. The summed E-state index contributed by atoms with van der Waals surface area (Å²) in [5.74, 6) is -0.209. The number of carbonyl (C=O) groups excluding carboxylic acids is 1. The minimum Gasteiger partial charge on any atom is -0.444 e. The Bertz CT molecular complexity index is 1130. The topological polar surface area (TPSA) is 98.5 Å². The molecule has 0 saturated carbocycles. The van der Waals surface area contributed by atoms with E-state index in [-0.39, 0.29) is 28.0 Å². The Hall–Kier alpha value is -2.87. The summed E-state index contributed by atoms with van der Waals surface area (Å²) in [6.07, 6.45) is -0.708. The van der Waals surface area contributed by atoms with E-state index in [0.717, 1.165) is 11.1 Å². The second kappa shape index (κ2) is 9.75. The van der Waals surface area contributed by atoms with Crippen molar-refractivity contribution in [2.75, 3.05) is 5.32 Å². The fourth-order valence-electron chi connectivity index (χ4n) is 2.84. The Morgan fingerprint density at radius 3 is 2.37 bits per heavy atom. The van der Waals surface area contributed by atoms with Crippen molar-refractivity contribution in [2.24, 2.45) is 5.73 Å². The number of hydrogen-bond acceptors (Lipinski definition) is 5. The number of halogens is 1. The molecule has 3 rings (SSSR count). The molecule has 0 saturated heterocycles. The molecule has 0 aromatic heterocycles. The van der Waals surface area contributed by atoms with Gasteiger partial charge in [-0.25, -0.2) is 13.2 Å². The van der Waals surface area contributed by atoms with Gasteiger partial charge < -0.3 is 10.5 Å². The molecule has 6 nitrogen and oxygen atoms in total. The maximum atomic E-state index is 12.9. The molecule has 0 aliphatic carbocycles. The van der Waals surface area contributed by atoms with Gasteiger partial charge in [0.15, 0.2) is 9.84 Å². The number of amides is 1. The molecule has 3 aromatic carbocycles. The predicted octanol–water partition coefficient (Wildman–Crippen LogP) is 4.52. The van der Waals surface area contributed by atoms with Gasteiger partial charge in [0.05, 0.1) is 10.6 Å². The van der Waals surface area contributed by atoms with Gasteiger partial charge in [0.2, 0.25) is 0 Å². The average molecular weight is 445 g/mol. The van der Waals surface area contributed by atoms with Crippen molar-refractivity contribution >= 4 is 33.2 Å². The van der Waals surface area contributed by atoms with Crippen LogP contribution in [0, 0.1) is 0 Å². The molecule has 0 radical (unpaired) electrons. The number of benzene rings is 3. The van der Waals surface area contributed by atoms with Gasteiger partial charge in [0.1, 0.15) is 6.61 Å². The van der Waals surface area contributed by atoms with Crippen molar-refractivity contribution in [3.05, 3.63) is 94.5 Å². The molecule has 0 aliphatic heterocycles. The molecule has 1 amide bonds. The van der Waals surface area contributed by atoms with E-state index in [1.807, 2.05) is 36.4 Å². The summed E-state index contributed by atoms with van der Waals surface area (Å²) < 4.78 is 30.9. The van der Waals surface area contributed by atoms with Gasteiger partial charge in [0, 0.05) is 17.3 Å². The molecule has 3 aromatic rings. The van der Waals surface area contributed by atoms with Crippen LogP contribution in [-0.2, 0) is 33.5 Å². The van der Waals surface area contributed by atoms with Crippen molar-refractivity contribution in [1.82, 2.24) is 0 Å². The summed E-state index contributed by atoms with van der Waals surface area (Å²) >= 11 is 6.09. The highest BCUT2D eigenvalue weighted by Crippen LogP contribution is 2.25. The lowest BCUT2D eigenvalue weighted by atomic mass is 10.1. The van der Waals surface area contributed by atoms with Crippen LogP contribution in [0.2, 0.25) is 5.02 Å². The number of rotatable bonds is 7. The van der Waals surface area contributed by atoms with Crippen molar-refractivity contribution < 1.29 is 17.9 Å². The maximum Gasteiger partial charge on any atom is 0.411 e. The maximum absolute atomic E-state index is 12.9. The highest BCUT2D eigenvalue weighted by molar-refractivity contribution is 7.90. The number of nitrogens with two attached hydrogens (primary N) is 1. The van der Waals surface area contributed by atoms with Crippen LogP contribution >= 0.6 is 11.6 Å². The molecule has 8 heteroatoms. The minimum absolute atomic E-state index is 0.00603. The number of hydrogen-bond donors (Lipinski definition) is 2. The summed E-state index contributed by atoms with van der Waals surface area (Å²) in [4.78, 5) is 12.1. The fraction of sp³-hybridized carbons (Fsp3) is 0.136. The highest BCUT2D eigenvalue weighted by Gasteiger charge is 2.18. The van der Waals surface area contributed by atoms with Gasteiger partial charge in [-0.2, -0.15) is 0 Å². The van der Waals surface area contributed by atoms with Crippen LogP contribution in [-0.4, -0.2) is 14.5 Å². The molecular formula is C22H21ClN2O4S. The van der Waals surface area contributed by atoms with E-state index in [2.05, 4.69) is 5.32 Å². The van der Waals surface area contributed by atoms with Gasteiger partial charge in [-0.3, -0.25) is 5.32 Å². The molecule has 0 unspecified atom stereocenters. The molecule has 156 valence electrons. The summed E-state index contributed by atoms with van der Waals surface area (Å²) in [6.45, 7) is 0.417. The SMILES string of the molecule is NCc1cccc(CS(=O)(=O)c2cc(Cl)cc(NC(=O)OCc3ccccc3)c2)c1. The molecule has 0 fully saturated rings. The smallest absolute Gasteiger partial charge is 0.411 e. The lowest BCUT2D eigenvalue weighted by Gasteiger charge is -2.11. The molecule has 0 spiro atoms. The summed E-state index contributed by atoms with van der Waals surface area (Å²) in [6, 6.07) is 20.4. The van der Waals surface area contributed by atoms with Gasteiger partial charge in [-0.1, -0.05) is 66.2 Å². The third-order valence-corrected chi connectivity index (χ3v) is 6.16. The van der Waals surface area contributed by atoms with Crippen LogP contribution in [0.1, 0.15) is 16.7 Å². The monoisotopic (exact) mass is 444 g/mol. The van der Waals surface area contributed by atoms with E-state index in [1.165, 1.54) is 18.2 Å². The lowest BCUT2D eigenvalue weighted by Crippen LogP contribution is -2.14. The Morgan fingerprint density at radius 2 is 1.63 bits per heavy atom. The molecule has 0 heterocycles. The lowest BCUT2D eigenvalue weighted by molar-refractivity contribution is 0.155. The van der Waals surface area contributed by atoms with Crippen LogP contribution in [0.5, 0.6) is 0 Å². The third kappa shape index (κ3) is 6.06. The normalized spacial score (nSPS) is 11.1. The first-order chi connectivity index (χ1) is 14.4. The van der Waals surface area contributed by atoms with Crippen molar-refractivity contribution in [3.63, 3.8) is 0 Å². The van der Waals surface area contributed by atoms with E-state index in [9.17, 15) is 13.2 Å². The fourth-order valence-corrected chi connectivity index (χ4v) is 4.54. The molecule has 30 heavy (non-hydrogen) atoms.